The zero-order valence-corrected chi connectivity index (χ0v) is 30.7. The first-order valence-electron chi connectivity index (χ1n) is 19.3. The summed E-state index contributed by atoms with van der Waals surface area (Å²) in [5.74, 6) is 0. The van der Waals surface area contributed by atoms with Gasteiger partial charge in [-0.15, -0.1) is 0 Å². The molecule has 262 valence electrons. The highest BCUT2D eigenvalue weighted by Gasteiger charge is 2.17. The van der Waals surface area contributed by atoms with Crippen molar-refractivity contribution in [3.8, 4) is 55.9 Å². The molecular weight excluding hydrogens is 677 g/mol. The van der Waals surface area contributed by atoms with Gasteiger partial charge in [0, 0.05) is 32.9 Å². The van der Waals surface area contributed by atoms with Crippen molar-refractivity contribution in [3.63, 3.8) is 0 Å². The lowest BCUT2D eigenvalue weighted by Crippen LogP contribution is -1.95. The highest BCUT2D eigenvalue weighted by Crippen LogP contribution is 2.39. The molecule has 0 saturated carbocycles. The highest BCUT2D eigenvalue weighted by atomic mass is 15.0. The van der Waals surface area contributed by atoms with E-state index in [4.69, 9.17) is 0 Å². The Hall–Kier alpha value is -7.42. The monoisotopic (exact) mass is 712 g/mol. The molecule has 11 aromatic rings. The van der Waals surface area contributed by atoms with E-state index in [1.165, 1.54) is 88.1 Å². The predicted molar refractivity (Wildman–Crippen MR) is 237 cm³/mol. The Kier molecular flexibility index (Phi) is 7.53. The van der Waals surface area contributed by atoms with Crippen LogP contribution in [0.5, 0.6) is 0 Å². The molecule has 11 rings (SSSR count). The Bertz CT molecular complexity index is 3090. The van der Waals surface area contributed by atoms with Crippen LogP contribution >= 0.6 is 0 Å². The smallest absolute Gasteiger partial charge is 0.0547 e. The van der Waals surface area contributed by atoms with E-state index in [2.05, 4.69) is 228 Å². The molecule has 56 heavy (non-hydrogen) atoms. The van der Waals surface area contributed by atoms with Gasteiger partial charge in [-0.1, -0.05) is 158 Å². The minimum absolute atomic E-state index is 1.14. The molecule has 0 bridgehead atoms. The topological polar surface area (TPSA) is 9.86 Å². The van der Waals surface area contributed by atoms with Crippen LogP contribution in [0.15, 0.2) is 218 Å². The van der Waals surface area contributed by atoms with Gasteiger partial charge in [-0.05, 0) is 105 Å². The maximum atomic E-state index is 2.41. The summed E-state index contributed by atoms with van der Waals surface area (Å²) in [6, 6.07) is 79.4. The number of rotatable bonds is 6. The van der Waals surface area contributed by atoms with E-state index >= 15 is 0 Å². The highest BCUT2D eigenvalue weighted by molar-refractivity contribution is 6.12. The Morgan fingerprint density at radius 3 is 1.07 bits per heavy atom. The van der Waals surface area contributed by atoms with E-state index in [1.807, 2.05) is 0 Å². The minimum atomic E-state index is 1.14. The number of hydrogen-bond donors (Lipinski definition) is 0. The lowest BCUT2D eigenvalue weighted by Gasteiger charge is -2.12. The van der Waals surface area contributed by atoms with Gasteiger partial charge in [-0.25, -0.2) is 0 Å². The number of fused-ring (bicyclic) bond motifs is 6. The summed E-state index contributed by atoms with van der Waals surface area (Å²) in [6.07, 6.45) is 0. The van der Waals surface area contributed by atoms with E-state index in [-0.39, 0.29) is 0 Å². The second-order valence-corrected chi connectivity index (χ2v) is 14.6. The van der Waals surface area contributed by atoms with Crippen LogP contribution in [0.4, 0.5) is 0 Å². The largest absolute Gasteiger partial charge is 0.309 e. The summed E-state index contributed by atoms with van der Waals surface area (Å²) in [7, 11) is 0. The van der Waals surface area contributed by atoms with Gasteiger partial charge < -0.3 is 9.13 Å². The first kappa shape index (κ1) is 32.0. The van der Waals surface area contributed by atoms with E-state index in [9.17, 15) is 0 Å². The van der Waals surface area contributed by atoms with Crippen molar-refractivity contribution < 1.29 is 0 Å². The van der Waals surface area contributed by atoms with Crippen LogP contribution in [0.3, 0.4) is 0 Å². The number of para-hydroxylation sites is 1. The minimum Gasteiger partial charge on any atom is -0.309 e. The predicted octanol–water partition coefficient (Wildman–Crippen LogP) is 14.5. The standard InChI is InChI=1S/C54H36N2/c1-4-12-37(13-5-1)40-20-27-46(28-21-40)56-51-19-11-10-18-47(51)48-31-24-44(36-54(48)56)41-22-29-45(30-23-41)55-52-32-25-42(38-14-6-2-7-15-38)34-49(52)50-35-43(26-33-53(50)55)39-16-8-3-9-17-39/h1-36H. The molecule has 0 saturated heterocycles. The Morgan fingerprint density at radius 2 is 0.536 bits per heavy atom. The molecule has 0 atom stereocenters. The summed E-state index contributed by atoms with van der Waals surface area (Å²) in [6.45, 7) is 0. The number of aromatic nitrogens is 2. The molecule has 9 aromatic carbocycles. The number of benzene rings is 9. The quantitative estimate of drug-likeness (QED) is 0.162. The van der Waals surface area contributed by atoms with Crippen LogP contribution in [0, 0.1) is 0 Å². The van der Waals surface area contributed by atoms with Crippen LogP contribution < -0.4 is 0 Å². The third-order valence-corrected chi connectivity index (χ3v) is 11.3. The maximum Gasteiger partial charge on any atom is 0.0547 e. The molecule has 2 heteroatoms. The van der Waals surface area contributed by atoms with E-state index in [1.54, 1.807) is 0 Å². The van der Waals surface area contributed by atoms with E-state index in [0.29, 0.717) is 0 Å². The second-order valence-electron chi connectivity index (χ2n) is 14.6. The van der Waals surface area contributed by atoms with Crippen molar-refractivity contribution in [3.05, 3.63) is 218 Å². The molecule has 0 aliphatic rings. The lowest BCUT2D eigenvalue weighted by molar-refractivity contribution is 1.18. The average molecular weight is 713 g/mol. The molecule has 0 N–H and O–H groups in total. The molecule has 0 fully saturated rings. The number of nitrogens with zero attached hydrogens (tertiary/aromatic N) is 2. The Balaban J connectivity index is 1.02. The zero-order valence-electron chi connectivity index (χ0n) is 30.7. The first-order valence-corrected chi connectivity index (χ1v) is 19.3. The van der Waals surface area contributed by atoms with Crippen LogP contribution in [0.25, 0.3) is 99.5 Å². The average Bonchev–Trinajstić information content (AvgIpc) is 3.79. The van der Waals surface area contributed by atoms with E-state index in [0.717, 1.165) is 11.4 Å². The fraction of sp³-hybridized carbons (Fsp3) is 0. The maximum absolute atomic E-state index is 2.41. The van der Waals surface area contributed by atoms with E-state index < -0.39 is 0 Å². The normalized spacial score (nSPS) is 11.6. The molecule has 0 aliphatic carbocycles. The van der Waals surface area contributed by atoms with Crippen LogP contribution in [0.2, 0.25) is 0 Å². The summed E-state index contributed by atoms with van der Waals surface area (Å²) in [5, 5.41) is 5.01. The summed E-state index contributed by atoms with van der Waals surface area (Å²) >= 11 is 0. The molecule has 2 nitrogen and oxygen atoms in total. The van der Waals surface area contributed by atoms with Gasteiger partial charge in [0.1, 0.15) is 0 Å². The van der Waals surface area contributed by atoms with Gasteiger partial charge in [0.05, 0.1) is 22.1 Å². The molecule has 0 spiro atoms. The molecule has 0 amide bonds. The molecule has 2 heterocycles. The van der Waals surface area contributed by atoms with Crippen molar-refractivity contribution in [2.45, 2.75) is 0 Å². The van der Waals surface area contributed by atoms with Crippen LogP contribution in [-0.4, -0.2) is 9.13 Å². The van der Waals surface area contributed by atoms with Gasteiger partial charge in [0.15, 0.2) is 0 Å². The zero-order chi connectivity index (χ0) is 37.0. The van der Waals surface area contributed by atoms with Gasteiger partial charge >= 0.3 is 0 Å². The van der Waals surface area contributed by atoms with Gasteiger partial charge in [0.25, 0.3) is 0 Å². The van der Waals surface area contributed by atoms with Crippen molar-refractivity contribution in [1.29, 1.82) is 0 Å². The molecular formula is C54H36N2. The molecule has 0 radical (unpaired) electrons. The lowest BCUT2D eigenvalue weighted by atomic mass is 10.0. The van der Waals surface area contributed by atoms with Crippen LogP contribution in [0.1, 0.15) is 0 Å². The van der Waals surface area contributed by atoms with Crippen molar-refractivity contribution in [2.24, 2.45) is 0 Å². The Labute approximate surface area is 325 Å². The third-order valence-electron chi connectivity index (χ3n) is 11.3. The fourth-order valence-electron chi connectivity index (χ4n) is 8.59. The number of hydrogen-bond acceptors (Lipinski definition) is 0. The summed E-state index contributed by atoms with van der Waals surface area (Å²) in [4.78, 5) is 0. The molecule has 0 unspecified atom stereocenters. The SMILES string of the molecule is c1ccc(-c2ccc(-n3c4ccccc4c4ccc(-c5ccc(-n6c7ccc(-c8ccccc8)cc7c7cc(-c8ccccc8)ccc76)cc5)cc43)cc2)cc1. The van der Waals surface area contributed by atoms with Gasteiger partial charge in [-0.3, -0.25) is 0 Å². The first-order chi connectivity index (χ1) is 27.8. The Morgan fingerprint density at radius 1 is 0.196 bits per heavy atom. The second kappa shape index (κ2) is 13.2. The molecule has 2 aromatic heterocycles. The van der Waals surface area contributed by atoms with Crippen molar-refractivity contribution in [1.82, 2.24) is 9.13 Å². The molecule has 0 aliphatic heterocycles. The van der Waals surface area contributed by atoms with Crippen LogP contribution in [-0.2, 0) is 0 Å². The fourth-order valence-corrected chi connectivity index (χ4v) is 8.59. The van der Waals surface area contributed by atoms with Gasteiger partial charge in [0.2, 0.25) is 0 Å². The third kappa shape index (κ3) is 5.34. The van der Waals surface area contributed by atoms with Gasteiger partial charge in [-0.2, -0.15) is 0 Å². The van der Waals surface area contributed by atoms with Crippen molar-refractivity contribution in [2.75, 3.05) is 0 Å². The summed E-state index contributed by atoms with van der Waals surface area (Å²) < 4.78 is 4.82. The van der Waals surface area contributed by atoms with Crippen molar-refractivity contribution >= 4 is 43.6 Å². The summed E-state index contributed by atoms with van der Waals surface area (Å²) in [5.41, 5.74) is 16.8.